The number of ether oxygens (including phenoxy) is 1. The maximum atomic E-state index is 5.48. The minimum absolute atomic E-state index is 0.298. The van der Waals surface area contributed by atoms with Crippen molar-refractivity contribution in [3.8, 4) is 11.3 Å². The number of hydrogen-bond donors (Lipinski definition) is 2. The average Bonchev–Trinajstić information content (AvgIpc) is 3.05. The van der Waals surface area contributed by atoms with Crippen LogP contribution in [-0.2, 0) is 11.3 Å². The van der Waals surface area contributed by atoms with Crippen LogP contribution in [0.2, 0.25) is 0 Å². The van der Waals surface area contributed by atoms with Gasteiger partial charge in [-0.1, -0.05) is 45.0 Å². The summed E-state index contributed by atoms with van der Waals surface area (Å²) in [6, 6.07) is 12.3. The summed E-state index contributed by atoms with van der Waals surface area (Å²) in [5.41, 5.74) is 9.75. The Labute approximate surface area is 160 Å². The average molecular weight is 367 g/mol. The lowest BCUT2D eigenvalue weighted by Gasteiger charge is -2.18. The topological polar surface area (TPSA) is 77.5 Å². The molecular formula is C21H29N5O. The number of aromatic nitrogens is 3. The van der Waals surface area contributed by atoms with E-state index in [2.05, 4.69) is 55.3 Å². The van der Waals surface area contributed by atoms with Crippen molar-refractivity contribution in [1.82, 2.24) is 14.6 Å². The second-order valence-corrected chi connectivity index (χ2v) is 7.91. The molecule has 6 nitrogen and oxygen atoms in total. The third-order valence-electron chi connectivity index (χ3n) is 4.32. The molecule has 0 bridgehead atoms. The molecule has 0 spiro atoms. The molecule has 0 aliphatic rings. The lowest BCUT2D eigenvalue weighted by atomic mass is 9.92. The Morgan fingerprint density at radius 1 is 1.11 bits per heavy atom. The molecule has 144 valence electrons. The standard InChI is InChI=1S/C21H29N5O/c1-21(2,3)10-12-23-19-8-9-20-24-14-18(26(20)25-19)17-6-4-16(5-7-17)15-27-13-11-22/h4-9,14H,10-13,15,22H2,1-3H3,(H,23,25). The molecule has 1 aromatic carbocycles. The Morgan fingerprint density at radius 3 is 2.59 bits per heavy atom. The fourth-order valence-electron chi connectivity index (χ4n) is 2.78. The number of fused-ring (bicyclic) bond motifs is 1. The molecule has 3 N–H and O–H groups in total. The highest BCUT2D eigenvalue weighted by atomic mass is 16.5. The van der Waals surface area contributed by atoms with Crippen molar-refractivity contribution in [2.75, 3.05) is 25.0 Å². The third kappa shape index (κ3) is 5.28. The van der Waals surface area contributed by atoms with Crippen molar-refractivity contribution in [2.45, 2.75) is 33.8 Å². The van der Waals surface area contributed by atoms with Crippen LogP contribution in [0.3, 0.4) is 0 Å². The number of rotatable bonds is 8. The fourth-order valence-corrected chi connectivity index (χ4v) is 2.78. The van der Waals surface area contributed by atoms with Crippen LogP contribution in [0.5, 0.6) is 0 Å². The van der Waals surface area contributed by atoms with Crippen molar-refractivity contribution < 1.29 is 4.74 Å². The largest absolute Gasteiger partial charge is 0.375 e. The van der Waals surface area contributed by atoms with E-state index in [1.807, 2.05) is 22.8 Å². The van der Waals surface area contributed by atoms with Crippen LogP contribution >= 0.6 is 0 Å². The van der Waals surface area contributed by atoms with Crippen LogP contribution in [0.1, 0.15) is 32.8 Å². The smallest absolute Gasteiger partial charge is 0.154 e. The van der Waals surface area contributed by atoms with E-state index in [1.54, 1.807) is 0 Å². The first-order chi connectivity index (χ1) is 13.0. The van der Waals surface area contributed by atoms with E-state index in [0.29, 0.717) is 25.2 Å². The Kier molecular flexibility index (Phi) is 6.08. The zero-order chi connectivity index (χ0) is 19.3. The summed E-state index contributed by atoms with van der Waals surface area (Å²) < 4.78 is 7.37. The quantitative estimate of drug-likeness (QED) is 0.593. The van der Waals surface area contributed by atoms with Gasteiger partial charge in [0.25, 0.3) is 0 Å². The van der Waals surface area contributed by atoms with Crippen molar-refractivity contribution in [1.29, 1.82) is 0 Å². The SMILES string of the molecule is CC(C)(C)CCNc1ccc2ncc(-c3ccc(COCCN)cc3)n2n1. The van der Waals surface area contributed by atoms with Gasteiger partial charge in [0.05, 0.1) is 25.1 Å². The first kappa shape index (κ1) is 19.3. The minimum atomic E-state index is 0.298. The summed E-state index contributed by atoms with van der Waals surface area (Å²) in [5.74, 6) is 0.859. The third-order valence-corrected chi connectivity index (χ3v) is 4.32. The molecule has 0 aliphatic heterocycles. The number of nitrogens with zero attached hydrogens (tertiary/aromatic N) is 3. The van der Waals surface area contributed by atoms with Gasteiger partial charge >= 0.3 is 0 Å². The van der Waals surface area contributed by atoms with Crippen LogP contribution in [-0.4, -0.2) is 34.3 Å². The predicted molar refractivity (Wildman–Crippen MR) is 110 cm³/mol. The number of benzene rings is 1. The molecule has 2 aromatic heterocycles. The number of nitrogens with one attached hydrogen (secondary N) is 1. The lowest BCUT2D eigenvalue weighted by Crippen LogP contribution is -2.14. The Morgan fingerprint density at radius 2 is 1.89 bits per heavy atom. The van der Waals surface area contributed by atoms with Crippen LogP contribution in [0.25, 0.3) is 16.9 Å². The van der Waals surface area contributed by atoms with Gasteiger partial charge in [0.15, 0.2) is 5.65 Å². The Bertz CT molecular complexity index is 864. The van der Waals surface area contributed by atoms with E-state index in [-0.39, 0.29) is 0 Å². The van der Waals surface area contributed by atoms with Gasteiger partial charge in [-0.05, 0) is 29.5 Å². The summed E-state index contributed by atoms with van der Waals surface area (Å²) in [7, 11) is 0. The van der Waals surface area contributed by atoms with E-state index in [9.17, 15) is 0 Å². The van der Waals surface area contributed by atoms with Gasteiger partial charge in [-0.2, -0.15) is 0 Å². The van der Waals surface area contributed by atoms with Gasteiger partial charge in [0.1, 0.15) is 5.82 Å². The molecule has 2 heterocycles. The molecule has 0 saturated heterocycles. The second-order valence-electron chi connectivity index (χ2n) is 7.91. The number of hydrogen-bond acceptors (Lipinski definition) is 5. The van der Waals surface area contributed by atoms with Gasteiger partial charge < -0.3 is 15.8 Å². The normalized spacial score (nSPS) is 11.9. The molecule has 6 heteroatoms. The Hall–Kier alpha value is -2.44. The zero-order valence-corrected chi connectivity index (χ0v) is 16.4. The molecule has 3 rings (SSSR count). The van der Waals surface area contributed by atoms with Crippen LogP contribution < -0.4 is 11.1 Å². The van der Waals surface area contributed by atoms with Crippen LogP contribution in [0, 0.1) is 5.41 Å². The summed E-state index contributed by atoms with van der Waals surface area (Å²) in [6.07, 6.45) is 2.94. The highest BCUT2D eigenvalue weighted by Gasteiger charge is 2.11. The fraction of sp³-hybridized carbons (Fsp3) is 0.429. The van der Waals surface area contributed by atoms with Crippen LogP contribution in [0.15, 0.2) is 42.6 Å². The Balaban J connectivity index is 1.75. The molecular weight excluding hydrogens is 338 g/mol. The summed E-state index contributed by atoms with van der Waals surface area (Å²) >= 11 is 0. The van der Waals surface area contributed by atoms with E-state index in [4.69, 9.17) is 15.6 Å². The molecule has 0 fully saturated rings. The second kappa shape index (κ2) is 8.50. The van der Waals surface area contributed by atoms with E-state index in [1.165, 1.54) is 0 Å². The van der Waals surface area contributed by atoms with E-state index in [0.717, 1.165) is 41.3 Å². The highest BCUT2D eigenvalue weighted by Crippen LogP contribution is 2.22. The summed E-state index contributed by atoms with van der Waals surface area (Å²) in [4.78, 5) is 4.47. The van der Waals surface area contributed by atoms with Gasteiger partial charge in [0.2, 0.25) is 0 Å². The number of anilines is 1. The van der Waals surface area contributed by atoms with Crippen molar-refractivity contribution in [2.24, 2.45) is 11.1 Å². The molecule has 3 aromatic rings. The molecule has 0 aliphatic carbocycles. The molecule has 0 saturated carbocycles. The van der Waals surface area contributed by atoms with Gasteiger partial charge in [-0.15, -0.1) is 5.10 Å². The number of imidazole rings is 1. The molecule has 0 amide bonds. The van der Waals surface area contributed by atoms with E-state index >= 15 is 0 Å². The molecule has 0 radical (unpaired) electrons. The highest BCUT2D eigenvalue weighted by molar-refractivity contribution is 5.63. The lowest BCUT2D eigenvalue weighted by molar-refractivity contribution is 0.128. The van der Waals surface area contributed by atoms with E-state index < -0.39 is 0 Å². The maximum Gasteiger partial charge on any atom is 0.154 e. The predicted octanol–water partition coefficient (Wildman–Crippen LogP) is 3.72. The minimum Gasteiger partial charge on any atom is -0.375 e. The molecule has 27 heavy (non-hydrogen) atoms. The summed E-state index contributed by atoms with van der Waals surface area (Å²) in [6.45, 7) is 9.30. The molecule has 0 atom stereocenters. The van der Waals surface area contributed by atoms with Gasteiger partial charge in [0, 0.05) is 18.7 Å². The first-order valence-corrected chi connectivity index (χ1v) is 9.42. The van der Waals surface area contributed by atoms with Gasteiger partial charge in [-0.3, -0.25) is 0 Å². The van der Waals surface area contributed by atoms with Crippen molar-refractivity contribution in [3.05, 3.63) is 48.2 Å². The molecule has 0 unspecified atom stereocenters. The maximum absolute atomic E-state index is 5.48. The van der Waals surface area contributed by atoms with Gasteiger partial charge in [-0.25, -0.2) is 9.50 Å². The number of nitrogens with two attached hydrogens (primary N) is 1. The van der Waals surface area contributed by atoms with Crippen LogP contribution in [0.4, 0.5) is 5.82 Å². The monoisotopic (exact) mass is 367 g/mol. The van der Waals surface area contributed by atoms with Crippen molar-refractivity contribution >= 4 is 11.5 Å². The summed E-state index contributed by atoms with van der Waals surface area (Å²) in [5, 5.41) is 8.13. The van der Waals surface area contributed by atoms with Crippen molar-refractivity contribution in [3.63, 3.8) is 0 Å². The zero-order valence-electron chi connectivity index (χ0n) is 16.4. The first-order valence-electron chi connectivity index (χ1n) is 9.42.